The van der Waals surface area contributed by atoms with Gasteiger partial charge in [-0.1, -0.05) is 19.0 Å². The number of piperidine rings is 1. The molecule has 0 aliphatic carbocycles. The summed E-state index contributed by atoms with van der Waals surface area (Å²) in [5.74, 6) is 1.95. The summed E-state index contributed by atoms with van der Waals surface area (Å²) in [6.07, 6.45) is 3.11. The van der Waals surface area contributed by atoms with Crippen molar-refractivity contribution in [2.24, 2.45) is 0 Å². The van der Waals surface area contributed by atoms with E-state index in [0.717, 1.165) is 18.7 Å². The van der Waals surface area contributed by atoms with E-state index < -0.39 is 0 Å². The van der Waals surface area contributed by atoms with Crippen LogP contribution in [0.5, 0.6) is 0 Å². The van der Waals surface area contributed by atoms with E-state index in [9.17, 15) is 4.79 Å². The van der Waals surface area contributed by atoms with E-state index in [0.29, 0.717) is 19.0 Å². The van der Waals surface area contributed by atoms with Crippen molar-refractivity contribution >= 4 is 5.91 Å². The molecule has 9 heteroatoms. The molecule has 9 nitrogen and oxygen atoms in total. The summed E-state index contributed by atoms with van der Waals surface area (Å²) < 4.78 is 6.78. The van der Waals surface area contributed by atoms with Crippen molar-refractivity contribution in [3.8, 4) is 0 Å². The fourth-order valence-corrected chi connectivity index (χ4v) is 2.51. The molecule has 0 saturated carbocycles. The van der Waals surface area contributed by atoms with Crippen LogP contribution in [0.2, 0.25) is 0 Å². The fraction of sp³-hybridized carbons (Fsp3) is 0.692. The number of tetrazole rings is 1. The van der Waals surface area contributed by atoms with Crippen LogP contribution in [0.15, 0.2) is 10.9 Å². The third kappa shape index (κ3) is 3.12. The molecule has 0 N–H and O–H groups in total. The molecule has 0 spiro atoms. The largest absolute Gasteiger partial charge is 0.341 e. The topological polar surface area (TPSA) is 103 Å². The number of rotatable bonds is 4. The smallest absolute Gasteiger partial charge is 0.244 e. The van der Waals surface area contributed by atoms with Crippen molar-refractivity contribution in [3.05, 3.63) is 18.0 Å². The molecule has 1 aliphatic rings. The predicted molar refractivity (Wildman–Crippen MR) is 74.8 cm³/mol. The highest BCUT2D eigenvalue weighted by atomic mass is 16.5. The van der Waals surface area contributed by atoms with Crippen LogP contribution in [0.1, 0.15) is 50.2 Å². The normalized spacial score (nSPS) is 16.4. The maximum atomic E-state index is 12.2. The molecule has 1 amide bonds. The summed E-state index contributed by atoms with van der Waals surface area (Å²) in [7, 11) is 0. The van der Waals surface area contributed by atoms with Gasteiger partial charge in [0.2, 0.25) is 11.8 Å². The molecule has 0 radical (unpaired) electrons. The molecular formula is C13H19N7O2. The maximum Gasteiger partial charge on any atom is 0.244 e. The first kappa shape index (κ1) is 14.6. The van der Waals surface area contributed by atoms with Gasteiger partial charge in [0, 0.05) is 24.9 Å². The summed E-state index contributed by atoms with van der Waals surface area (Å²) in [6.45, 7) is 5.62. The molecule has 3 rings (SSSR count). The maximum absolute atomic E-state index is 12.2. The Balaban J connectivity index is 1.54. The molecule has 0 unspecified atom stereocenters. The minimum atomic E-state index is 0.0270. The van der Waals surface area contributed by atoms with Gasteiger partial charge in [0.05, 0.1) is 0 Å². The molecule has 1 aliphatic heterocycles. The summed E-state index contributed by atoms with van der Waals surface area (Å²) in [5, 5.41) is 14.8. The standard InChI is InChI=1S/C13H19N7O2/c1-9(2)12-15-13(22-16-12)10-3-5-19(6-4-10)11(21)7-20-8-14-17-18-20/h8-10H,3-7H2,1-2H3. The Hall–Kier alpha value is -2.32. The lowest BCUT2D eigenvalue weighted by Crippen LogP contribution is -2.39. The molecule has 1 saturated heterocycles. The zero-order valence-electron chi connectivity index (χ0n) is 12.7. The third-order valence-corrected chi connectivity index (χ3v) is 3.86. The van der Waals surface area contributed by atoms with Crippen LogP contribution in [-0.4, -0.2) is 54.2 Å². The monoisotopic (exact) mass is 305 g/mol. The minimum Gasteiger partial charge on any atom is -0.341 e. The number of hydrogen-bond acceptors (Lipinski definition) is 7. The number of amides is 1. The molecule has 1 fully saturated rings. The van der Waals surface area contributed by atoms with Gasteiger partial charge in [-0.05, 0) is 23.3 Å². The predicted octanol–water partition coefficient (Wildman–Crippen LogP) is 0.586. The highest BCUT2D eigenvalue weighted by Gasteiger charge is 2.27. The summed E-state index contributed by atoms with van der Waals surface area (Å²) in [5.41, 5.74) is 0. The van der Waals surface area contributed by atoms with Gasteiger partial charge in [-0.2, -0.15) is 4.98 Å². The van der Waals surface area contributed by atoms with Gasteiger partial charge in [0.25, 0.3) is 0 Å². The van der Waals surface area contributed by atoms with Crippen molar-refractivity contribution < 1.29 is 9.32 Å². The van der Waals surface area contributed by atoms with E-state index in [1.165, 1.54) is 11.0 Å². The SMILES string of the molecule is CC(C)c1noc(C2CCN(C(=O)Cn3cnnn3)CC2)n1. The zero-order chi connectivity index (χ0) is 15.5. The van der Waals surface area contributed by atoms with Crippen LogP contribution in [0.4, 0.5) is 0 Å². The van der Waals surface area contributed by atoms with E-state index in [1.54, 1.807) is 0 Å². The Morgan fingerprint density at radius 1 is 1.41 bits per heavy atom. The quantitative estimate of drug-likeness (QED) is 0.814. The number of nitrogens with zero attached hydrogens (tertiary/aromatic N) is 7. The van der Waals surface area contributed by atoms with E-state index in [4.69, 9.17) is 4.52 Å². The second-order valence-corrected chi connectivity index (χ2v) is 5.81. The Morgan fingerprint density at radius 2 is 2.18 bits per heavy atom. The molecule has 0 aromatic carbocycles. The number of carbonyl (C=O) groups excluding carboxylic acids is 1. The van der Waals surface area contributed by atoms with Crippen molar-refractivity contribution in [1.29, 1.82) is 0 Å². The van der Waals surface area contributed by atoms with Crippen molar-refractivity contribution in [2.45, 2.75) is 45.1 Å². The lowest BCUT2D eigenvalue weighted by Gasteiger charge is -2.30. The van der Waals surface area contributed by atoms with Crippen molar-refractivity contribution in [3.63, 3.8) is 0 Å². The first-order chi connectivity index (χ1) is 10.6. The molecule has 118 valence electrons. The van der Waals surface area contributed by atoms with Crippen LogP contribution in [0.25, 0.3) is 0 Å². The van der Waals surface area contributed by atoms with Gasteiger partial charge in [-0.3, -0.25) is 4.79 Å². The Bertz CT molecular complexity index is 614. The molecule has 2 aromatic heterocycles. The molecule has 22 heavy (non-hydrogen) atoms. The second-order valence-electron chi connectivity index (χ2n) is 5.81. The highest BCUT2D eigenvalue weighted by molar-refractivity contribution is 5.75. The summed E-state index contributed by atoms with van der Waals surface area (Å²) in [6, 6.07) is 0. The van der Waals surface area contributed by atoms with Crippen LogP contribution in [0.3, 0.4) is 0 Å². The van der Waals surface area contributed by atoms with Crippen LogP contribution >= 0.6 is 0 Å². The number of aromatic nitrogens is 6. The van der Waals surface area contributed by atoms with Crippen LogP contribution in [0, 0.1) is 0 Å². The van der Waals surface area contributed by atoms with Gasteiger partial charge in [0.1, 0.15) is 12.9 Å². The Labute approximate surface area is 127 Å². The van der Waals surface area contributed by atoms with Gasteiger partial charge in [-0.15, -0.1) is 5.10 Å². The van der Waals surface area contributed by atoms with Gasteiger partial charge < -0.3 is 9.42 Å². The van der Waals surface area contributed by atoms with E-state index in [-0.39, 0.29) is 24.3 Å². The first-order valence-corrected chi connectivity index (χ1v) is 7.45. The molecular weight excluding hydrogens is 286 g/mol. The van der Waals surface area contributed by atoms with Crippen LogP contribution in [-0.2, 0) is 11.3 Å². The highest BCUT2D eigenvalue weighted by Crippen LogP contribution is 2.27. The fourth-order valence-electron chi connectivity index (χ4n) is 2.51. The molecule has 2 aromatic rings. The van der Waals surface area contributed by atoms with E-state index in [2.05, 4.69) is 25.7 Å². The number of hydrogen-bond donors (Lipinski definition) is 0. The summed E-state index contributed by atoms with van der Waals surface area (Å²) in [4.78, 5) is 18.4. The van der Waals surface area contributed by atoms with E-state index >= 15 is 0 Å². The zero-order valence-corrected chi connectivity index (χ0v) is 12.7. The van der Waals surface area contributed by atoms with Crippen molar-refractivity contribution in [1.82, 2.24) is 35.2 Å². The molecule has 0 bridgehead atoms. The molecule has 0 atom stereocenters. The van der Waals surface area contributed by atoms with Gasteiger partial charge in [0.15, 0.2) is 5.82 Å². The average molecular weight is 305 g/mol. The Kier molecular flexibility index (Phi) is 4.12. The number of likely N-dealkylation sites (tertiary alicyclic amines) is 1. The lowest BCUT2D eigenvalue weighted by atomic mass is 9.96. The second kappa shape index (κ2) is 6.20. The number of carbonyl (C=O) groups is 1. The van der Waals surface area contributed by atoms with Crippen molar-refractivity contribution in [2.75, 3.05) is 13.1 Å². The lowest BCUT2D eigenvalue weighted by molar-refractivity contribution is -0.133. The first-order valence-electron chi connectivity index (χ1n) is 7.45. The minimum absolute atomic E-state index is 0.0270. The summed E-state index contributed by atoms with van der Waals surface area (Å²) >= 11 is 0. The van der Waals surface area contributed by atoms with Crippen LogP contribution < -0.4 is 0 Å². The molecule has 3 heterocycles. The Morgan fingerprint density at radius 3 is 2.77 bits per heavy atom. The van der Waals surface area contributed by atoms with Gasteiger partial charge in [-0.25, -0.2) is 4.68 Å². The van der Waals surface area contributed by atoms with Gasteiger partial charge >= 0.3 is 0 Å². The third-order valence-electron chi connectivity index (χ3n) is 3.86. The average Bonchev–Trinajstić information content (AvgIpc) is 3.18. The van der Waals surface area contributed by atoms with E-state index in [1.807, 2.05) is 18.7 Å².